The summed E-state index contributed by atoms with van der Waals surface area (Å²) in [6.45, 7) is 1.77. The third-order valence-electron chi connectivity index (χ3n) is 4.45. The quantitative estimate of drug-likeness (QED) is 0.478. The molecule has 25 heavy (non-hydrogen) atoms. The Hall–Kier alpha value is -2.21. The van der Waals surface area contributed by atoms with Gasteiger partial charge in [0, 0.05) is 12.1 Å². The Morgan fingerprint density at radius 3 is 2.40 bits per heavy atom. The van der Waals surface area contributed by atoms with Crippen molar-refractivity contribution >= 4 is 13.2 Å². The van der Waals surface area contributed by atoms with Gasteiger partial charge in [-0.25, -0.2) is 0 Å². The van der Waals surface area contributed by atoms with Crippen LogP contribution in [0.2, 0.25) is 0 Å². The topological polar surface area (TPSA) is 92.9 Å². The maximum atomic E-state index is 13.4. The van der Waals surface area contributed by atoms with Crippen LogP contribution in [-0.4, -0.2) is 20.6 Å². The van der Waals surface area contributed by atoms with E-state index < -0.39 is 18.5 Å². The molecule has 2 aromatic rings. The van der Waals surface area contributed by atoms with Gasteiger partial charge in [-0.2, -0.15) is 0 Å². The molecule has 7 nitrogen and oxygen atoms in total. The molecule has 0 bridgehead atoms. The molecule has 1 saturated heterocycles. The monoisotopic (exact) mass is 362 g/mol. The van der Waals surface area contributed by atoms with Crippen LogP contribution in [0.15, 0.2) is 54.6 Å². The minimum Gasteiger partial charge on any atom is -0.431 e. The van der Waals surface area contributed by atoms with Gasteiger partial charge in [-0.1, -0.05) is 42.1 Å². The molecule has 132 valence electrons. The van der Waals surface area contributed by atoms with Crippen molar-refractivity contribution in [1.29, 1.82) is 0 Å². The number of hydrogen-bond donors (Lipinski definition) is 1. The van der Waals surface area contributed by atoms with Crippen LogP contribution in [0.1, 0.15) is 31.4 Å². The first-order valence-electron chi connectivity index (χ1n) is 7.99. The number of benzene rings is 2. The fourth-order valence-electron chi connectivity index (χ4n) is 2.96. The summed E-state index contributed by atoms with van der Waals surface area (Å²) in [6.07, 6.45) is 1.30. The molecule has 2 aromatic carbocycles. The minimum absolute atomic E-state index is 0.0784. The molecule has 1 aliphatic heterocycles. The molecule has 1 fully saturated rings. The molecule has 3 unspecified atom stereocenters. The van der Waals surface area contributed by atoms with E-state index in [0.717, 1.165) is 10.4 Å². The zero-order chi connectivity index (χ0) is 18.0. The van der Waals surface area contributed by atoms with Crippen molar-refractivity contribution in [1.82, 2.24) is 4.83 Å². The Labute approximate surface area is 145 Å². The highest BCUT2D eigenvalue weighted by molar-refractivity contribution is 7.57. The number of hydroxylamine groups is 1. The maximum absolute atomic E-state index is 13.4. The Balaban J connectivity index is 1.86. The lowest BCUT2D eigenvalue weighted by atomic mass is 10.0. The predicted octanol–water partition coefficient (Wildman–Crippen LogP) is 4.78. The van der Waals surface area contributed by atoms with E-state index in [9.17, 15) is 19.9 Å². The SMILES string of the molecule is CC1CCC(c2ccccc2)N(O)P1(=O)Oc1ccc([N+](=O)[O-])cc1. The van der Waals surface area contributed by atoms with Crippen LogP contribution in [0.5, 0.6) is 5.75 Å². The first kappa shape index (κ1) is 17.6. The van der Waals surface area contributed by atoms with Gasteiger partial charge in [-0.05, 0) is 30.5 Å². The third-order valence-corrected chi connectivity index (χ3v) is 7.14. The molecule has 0 amide bonds. The minimum atomic E-state index is -3.56. The second kappa shape index (κ2) is 6.96. The molecule has 3 rings (SSSR count). The van der Waals surface area contributed by atoms with E-state index in [1.165, 1.54) is 24.3 Å². The Morgan fingerprint density at radius 2 is 1.80 bits per heavy atom. The second-order valence-corrected chi connectivity index (χ2v) is 8.68. The fourth-order valence-corrected chi connectivity index (χ4v) is 5.16. The zero-order valence-corrected chi connectivity index (χ0v) is 14.6. The number of non-ortho nitro benzene ring substituents is 1. The van der Waals surface area contributed by atoms with Crippen LogP contribution < -0.4 is 4.52 Å². The van der Waals surface area contributed by atoms with Gasteiger partial charge >= 0.3 is 7.52 Å². The molecule has 0 spiro atoms. The number of nitrogens with zero attached hydrogens (tertiary/aromatic N) is 2. The summed E-state index contributed by atoms with van der Waals surface area (Å²) in [4.78, 5) is 11.1. The van der Waals surface area contributed by atoms with E-state index in [1.54, 1.807) is 6.92 Å². The summed E-state index contributed by atoms with van der Waals surface area (Å²) in [5.41, 5.74) is 0.433. The van der Waals surface area contributed by atoms with Crippen molar-refractivity contribution in [2.24, 2.45) is 0 Å². The van der Waals surface area contributed by atoms with Gasteiger partial charge in [0.15, 0.2) is 0 Å². The summed E-state index contributed by atoms with van der Waals surface area (Å²) in [5, 5.41) is 21.4. The Kier molecular flexibility index (Phi) is 4.90. The van der Waals surface area contributed by atoms with Gasteiger partial charge in [0.25, 0.3) is 5.69 Å². The highest BCUT2D eigenvalue weighted by atomic mass is 31.2. The van der Waals surface area contributed by atoms with Crippen LogP contribution >= 0.6 is 7.52 Å². The lowest BCUT2D eigenvalue weighted by Crippen LogP contribution is -2.34. The third kappa shape index (κ3) is 3.44. The number of nitro groups is 1. The van der Waals surface area contributed by atoms with Gasteiger partial charge in [0.1, 0.15) is 5.75 Å². The summed E-state index contributed by atoms with van der Waals surface area (Å²) >= 11 is 0. The van der Waals surface area contributed by atoms with Crippen LogP contribution in [0.3, 0.4) is 0 Å². The van der Waals surface area contributed by atoms with Crippen molar-refractivity contribution in [3.63, 3.8) is 0 Å². The molecule has 1 heterocycles. The van der Waals surface area contributed by atoms with E-state index in [-0.39, 0.29) is 17.1 Å². The van der Waals surface area contributed by atoms with E-state index in [4.69, 9.17) is 4.52 Å². The Bertz CT molecular complexity index is 796. The Morgan fingerprint density at radius 1 is 1.16 bits per heavy atom. The molecule has 0 saturated carbocycles. The van der Waals surface area contributed by atoms with Crippen molar-refractivity contribution in [2.45, 2.75) is 31.5 Å². The van der Waals surface area contributed by atoms with Crippen molar-refractivity contribution in [3.8, 4) is 5.75 Å². The molecule has 0 aliphatic carbocycles. The van der Waals surface area contributed by atoms with Crippen molar-refractivity contribution in [3.05, 3.63) is 70.3 Å². The van der Waals surface area contributed by atoms with Gasteiger partial charge in [-0.15, -0.1) is 0 Å². The molecular formula is C17H19N2O5P. The smallest absolute Gasteiger partial charge is 0.345 e. The van der Waals surface area contributed by atoms with Crippen LogP contribution in [-0.2, 0) is 4.57 Å². The molecule has 0 radical (unpaired) electrons. The molecule has 0 aromatic heterocycles. The maximum Gasteiger partial charge on any atom is 0.345 e. The summed E-state index contributed by atoms with van der Waals surface area (Å²) in [6, 6.07) is 14.3. The highest BCUT2D eigenvalue weighted by Crippen LogP contribution is 2.62. The largest absolute Gasteiger partial charge is 0.431 e. The molecule has 1 N–H and O–H groups in total. The zero-order valence-electron chi connectivity index (χ0n) is 13.7. The summed E-state index contributed by atoms with van der Waals surface area (Å²) in [5.74, 6) is 0.230. The number of hydrogen-bond acceptors (Lipinski definition) is 5. The molecule has 1 aliphatic rings. The van der Waals surface area contributed by atoms with Gasteiger partial charge in [0.2, 0.25) is 0 Å². The lowest BCUT2D eigenvalue weighted by molar-refractivity contribution is -0.384. The van der Waals surface area contributed by atoms with Crippen LogP contribution in [0.4, 0.5) is 5.69 Å². The van der Waals surface area contributed by atoms with Crippen LogP contribution in [0.25, 0.3) is 0 Å². The summed E-state index contributed by atoms with van der Waals surface area (Å²) < 4.78 is 19.0. The van der Waals surface area contributed by atoms with Crippen molar-refractivity contribution < 1.29 is 19.2 Å². The van der Waals surface area contributed by atoms with Gasteiger partial charge in [-0.3, -0.25) is 14.7 Å². The second-order valence-electron chi connectivity index (χ2n) is 6.08. The van der Waals surface area contributed by atoms with E-state index in [1.807, 2.05) is 30.3 Å². The normalized spacial score (nSPS) is 27.0. The van der Waals surface area contributed by atoms with E-state index in [0.29, 0.717) is 12.8 Å². The van der Waals surface area contributed by atoms with Crippen molar-refractivity contribution in [2.75, 3.05) is 0 Å². The van der Waals surface area contributed by atoms with Gasteiger partial charge in [0.05, 0.1) is 16.6 Å². The first-order chi connectivity index (χ1) is 11.9. The standard InChI is InChI=1S/C17H19N2O5P/c1-13-7-12-17(14-5-3-2-4-6-14)19(22)25(13,23)24-16-10-8-15(9-11-16)18(20)21/h2-6,8-11,13,17,22H,7,12H2,1H3. The first-order valence-corrected chi connectivity index (χ1v) is 9.64. The highest BCUT2D eigenvalue weighted by Gasteiger charge is 2.47. The summed E-state index contributed by atoms with van der Waals surface area (Å²) in [7, 11) is -3.56. The average Bonchev–Trinajstić information content (AvgIpc) is 2.61. The molecular weight excluding hydrogens is 343 g/mol. The molecule has 8 heteroatoms. The van der Waals surface area contributed by atoms with E-state index >= 15 is 0 Å². The lowest BCUT2D eigenvalue weighted by Gasteiger charge is -2.40. The fraction of sp³-hybridized carbons (Fsp3) is 0.294. The average molecular weight is 362 g/mol. The number of rotatable bonds is 4. The number of nitro benzene ring substituents is 1. The van der Waals surface area contributed by atoms with Gasteiger partial charge < -0.3 is 9.73 Å². The van der Waals surface area contributed by atoms with Crippen LogP contribution in [0, 0.1) is 10.1 Å². The predicted molar refractivity (Wildman–Crippen MR) is 92.8 cm³/mol. The van der Waals surface area contributed by atoms with E-state index in [2.05, 4.69) is 0 Å². The molecule has 3 atom stereocenters.